The number of carbonyl (C=O) groups is 3. The molecule has 4 aliphatic carbocycles. The van der Waals surface area contributed by atoms with E-state index < -0.39 is 25.5 Å². The quantitative estimate of drug-likeness (QED) is 0.203. The van der Waals surface area contributed by atoms with E-state index in [0.717, 1.165) is 84.7 Å². The lowest BCUT2D eigenvalue weighted by Crippen LogP contribution is -2.52. The highest BCUT2D eigenvalue weighted by atomic mass is 79.9. The number of aryl methyl sites for hydroxylation is 5. The third-order valence-corrected chi connectivity index (χ3v) is 12.6. The molecule has 0 aliphatic heterocycles. The van der Waals surface area contributed by atoms with Crippen LogP contribution in [0.5, 0.6) is 0 Å². The lowest BCUT2D eigenvalue weighted by atomic mass is 8.68. The lowest BCUT2D eigenvalue weighted by Gasteiger charge is -2.24. The number of aromatic amines is 1. The van der Waals surface area contributed by atoms with Crippen LogP contribution in [0.1, 0.15) is 118 Å². The zero-order chi connectivity index (χ0) is 48.5. The lowest BCUT2D eigenvalue weighted by molar-refractivity contribution is 0.0875. The number of hydrogen-bond donors (Lipinski definition) is 1. The van der Waals surface area contributed by atoms with Crippen molar-refractivity contribution in [1.82, 2.24) is 24.9 Å². The van der Waals surface area contributed by atoms with Crippen LogP contribution in [0.25, 0.3) is 11.3 Å². The predicted molar refractivity (Wildman–Crippen MR) is 295 cm³/mol. The molecule has 5 aromatic rings. The van der Waals surface area contributed by atoms with Crippen molar-refractivity contribution in [3.8, 4) is 17.3 Å². The van der Waals surface area contributed by atoms with Crippen LogP contribution in [0.4, 0.5) is 0 Å². The zero-order valence-corrected chi connectivity index (χ0v) is 39.5. The Bertz CT molecular complexity index is 2450. The molecular weight excluding hydrogens is 893 g/mol. The molecule has 9 nitrogen and oxygen atoms in total. The molecule has 9 rings (SSSR count). The van der Waals surface area contributed by atoms with Crippen molar-refractivity contribution in [2.24, 2.45) is 11.8 Å². The molecule has 0 aromatic carbocycles. The van der Waals surface area contributed by atoms with Gasteiger partial charge in [0.25, 0.3) is 0 Å². The van der Waals surface area contributed by atoms with E-state index in [9.17, 15) is 14.4 Å². The van der Waals surface area contributed by atoms with Crippen molar-refractivity contribution in [3.05, 3.63) is 130 Å². The van der Waals surface area contributed by atoms with Gasteiger partial charge in [-0.15, -0.1) is 0 Å². The maximum atomic E-state index is 12.0. The monoisotopic (exact) mass is 945 g/mol. The summed E-state index contributed by atoms with van der Waals surface area (Å²) in [5.41, 5.74) is 13.9. The maximum absolute atomic E-state index is 12.0. The summed E-state index contributed by atoms with van der Waals surface area (Å²) in [4.78, 5) is 54.5. The highest BCUT2D eigenvalue weighted by molar-refractivity contribution is 9.10. The highest BCUT2D eigenvalue weighted by Gasteiger charge is 2.31. The van der Waals surface area contributed by atoms with Gasteiger partial charge in [-0.1, -0.05) is 30.8 Å². The number of halogens is 1. The van der Waals surface area contributed by atoms with Crippen LogP contribution in [-0.4, -0.2) is 142 Å². The van der Waals surface area contributed by atoms with Gasteiger partial charge >= 0.3 is 0 Å². The normalized spacial score (nSPS) is 15.7. The number of pyridine rings is 4. The molecule has 1 N–H and O–H groups in total. The van der Waals surface area contributed by atoms with E-state index in [4.69, 9.17) is 67.2 Å². The van der Waals surface area contributed by atoms with E-state index in [1.54, 1.807) is 49.3 Å². The number of nitriles is 1. The number of alkyl halides is 1. The second kappa shape index (κ2) is 29.7. The average Bonchev–Trinajstić information content (AvgIpc) is 3.63. The van der Waals surface area contributed by atoms with E-state index in [1.165, 1.54) is 40.7 Å². The zero-order valence-electron chi connectivity index (χ0n) is 37.9. The van der Waals surface area contributed by atoms with E-state index in [0.29, 0.717) is 6.42 Å². The first-order valence-corrected chi connectivity index (χ1v) is 22.8. The first kappa shape index (κ1) is 59.8. The number of rotatable bonds is 4. The Morgan fingerprint density at radius 2 is 1.15 bits per heavy atom. The largest absolute Gasteiger partial charge is 0.358 e. The van der Waals surface area contributed by atoms with Crippen LogP contribution in [-0.2, 0) is 32.1 Å². The summed E-state index contributed by atoms with van der Waals surface area (Å²) < 4.78 is 0. The number of nitrogens with one attached hydrogen (secondary N) is 1. The standard InChI is InChI=1S/C13H14N2.C12H12N2O.C9H8BrNO.C9H9NO.2CH4.B8.B5/c1-8-9(2)15-13-11(8)4-3-10-7-14-6-5-12(10)13;1-8(6-13)10-3-2-9-7-14-5-4-11(9)12(10)15;10-8-2-1-6-5-11-4-3-7(6)9(8)12;11-9-3-1-2-7-6-10-5-4-8(7)9;;;1-6(2)8(5)7(3)4;1-4-5(2)3/h5-7,15H,3-4H2,1-2H3;4-5,7-8,10H,2-3H2,1H3;3-5,8H,1-2H2;4-6H,1-3H2;2*1H4;;. The van der Waals surface area contributed by atoms with Crippen molar-refractivity contribution in [2.75, 3.05) is 0 Å². The fourth-order valence-corrected chi connectivity index (χ4v) is 8.17. The number of aromatic nitrogens is 5. The van der Waals surface area contributed by atoms with Crippen molar-refractivity contribution < 1.29 is 14.4 Å². The van der Waals surface area contributed by atoms with Gasteiger partial charge in [0.15, 0.2) is 17.3 Å². The molecular formula is C45H51B13BrN6O3. The Morgan fingerprint density at radius 1 is 0.691 bits per heavy atom. The minimum Gasteiger partial charge on any atom is -0.358 e. The molecule has 5 heterocycles. The molecule has 325 valence electrons. The third kappa shape index (κ3) is 16.7. The Morgan fingerprint density at radius 3 is 1.62 bits per heavy atom. The molecule has 23 heteroatoms. The summed E-state index contributed by atoms with van der Waals surface area (Å²) in [6, 6.07) is 9.64. The minimum atomic E-state index is -0.630. The number of fused-ring (bicyclic) bond motifs is 6. The third-order valence-electron chi connectivity index (χ3n) is 11.8. The number of Topliss-reactive ketones (excluding diaryl/α,β-unsaturated/α-hetero) is 3. The van der Waals surface area contributed by atoms with E-state index in [2.05, 4.69) is 66.8 Å². The Kier molecular flexibility index (Phi) is 26.1. The van der Waals surface area contributed by atoms with Crippen LogP contribution in [0, 0.1) is 37.0 Å². The molecule has 3 unspecified atom stereocenters. The first-order valence-electron chi connectivity index (χ1n) is 21.9. The van der Waals surface area contributed by atoms with Crippen LogP contribution in [0.3, 0.4) is 0 Å². The van der Waals surface area contributed by atoms with Gasteiger partial charge in [-0.05, 0) is 130 Å². The van der Waals surface area contributed by atoms with E-state index >= 15 is 0 Å². The average molecular weight is 944 g/mol. The van der Waals surface area contributed by atoms with Crippen LogP contribution in [0.2, 0.25) is 0 Å². The van der Waals surface area contributed by atoms with Gasteiger partial charge in [0.05, 0.1) is 16.8 Å². The highest BCUT2D eigenvalue weighted by Crippen LogP contribution is 2.35. The van der Waals surface area contributed by atoms with Crippen molar-refractivity contribution in [2.45, 2.75) is 98.2 Å². The number of carbonyl (C=O) groups excluding carboxylic acids is 3. The van der Waals surface area contributed by atoms with Gasteiger partial charge in [0.1, 0.15) is 0 Å². The van der Waals surface area contributed by atoms with E-state index in [-0.39, 0.29) is 48.9 Å². The molecule has 0 saturated heterocycles. The molecule has 0 amide bonds. The van der Waals surface area contributed by atoms with E-state index in [1.807, 2.05) is 25.4 Å². The Labute approximate surface area is 426 Å². The molecule has 0 fully saturated rings. The second-order valence-electron chi connectivity index (χ2n) is 16.4. The summed E-state index contributed by atoms with van der Waals surface area (Å²) in [5.74, 6) is 0.240. The molecule has 3 atom stereocenters. The number of ketones is 3. The first-order chi connectivity index (χ1) is 31.5. The van der Waals surface area contributed by atoms with Crippen molar-refractivity contribution in [3.63, 3.8) is 0 Å². The van der Waals surface area contributed by atoms with Crippen molar-refractivity contribution in [1.29, 1.82) is 5.26 Å². The number of nitrogens with zero attached hydrogens (tertiary/aromatic N) is 5. The molecule has 17 radical (unpaired) electrons. The summed E-state index contributed by atoms with van der Waals surface area (Å²) in [6.45, 7) is 6.17. The number of H-pyrrole nitrogens is 1. The summed E-state index contributed by atoms with van der Waals surface area (Å²) in [6.07, 6.45) is 20.4. The summed E-state index contributed by atoms with van der Waals surface area (Å²) in [7, 11) is 41.6. The maximum Gasteiger partial charge on any atom is 0.176 e. The van der Waals surface area contributed by atoms with Gasteiger partial charge in [-0.2, -0.15) is 5.26 Å². The predicted octanol–water partition coefficient (Wildman–Crippen LogP) is 4.67. The number of hydrogen-bond acceptors (Lipinski definition) is 8. The van der Waals surface area contributed by atoms with Crippen LogP contribution >= 0.6 is 15.9 Å². The van der Waals surface area contributed by atoms with Gasteiger partial charge in [-0.3, -0.25) is 34.3 Å². The van der Waals surface area contributed by atoms with Crippen molar-refractivity contribution >= 4 is 128 Å². The second-order valence-corrected chi connectivity index (χ2v) is 17.5. The van der Waals surface area contributed by atoms with Gasteiger partial charge in [0.2, 0.25) is 0 Å². The molecule has 0 saturated carbocycles. The smallest absolute Gasteiger partial charge is 0.176 e. The molecule has 0 bridgehead atoms. The van der Waals surface area contributed by atoms with Crippen LogP contribution < -0.4 is 0 Å². The fraction of sp³-hybridized carbons (Fsp3) is 0.378. The Balaban J connectivity index is 0.000000286. The summed E-state index contributed by atoms with van der Waals surface area (Å²) in [5, 5.41) is 8.84. The molecule has 5 aromatic heterocycles. The SMILES string of the molecule is C.C.CC(C#N)C1CCc2cnccc2C1=O.Cc1[nH]c2c(c1C)CCc1cnccc1-2.O=C1CCCc2cnccc21.O=C1c2ccncc2CCC1Br.[B]B([B])B([B])B([B])[B].[B][B]B([B])[B]. The molecule has 68 heavy (non-hydrogen) atoms. The fourth-order valence-electron chi connectivity index (χ4n) is 7.70. The molecule has 0 spiro atoms. The molecule has 4 aliphatic rings. The van der Waals surface area contributed by atoms with Gasteiger partial charge in [0, 0.05) is 190 Å². The van der Waals surface area contributed by atoms with Gasteiger partial charge in [-0.25, -0.2) is 0 Å². The topological polar surface area (TPSA) is 142 Å². The Hall–Kier alpha value is -4.30. The summed E-state index contributed by atoms with van der Waals surface area (Å²) >= 11 is 3.35. The van der Waals surface area contributed by atoms with Crippen LogP contribution in [0.15, 0.2) is 73.8 Å². The van der Waals surface area contributed by atoms with Gasteiger partial charge < -0.3 is 4.98 Å². The minimum absolute atomic E-state index is 0.